The summed E-state index contributed by atoms with van der Waals surface area (Å²) in [5, 5.41) is 2.79. The molecule has 1 atom stereocenters. The van der Waals surface area contributed by atoms with E-state index in [9.17, 15) is 9.18 Å². The normalized spacial score (nSPS) is 13.0. The summed E-state index contributed by atoms with van der Waals surface area (Å²) < 4.78 is 18.7. The molecule has 1 amide bonds. The van der Waals surface area contributed by atoms with E-state index in [1.165, 1.54) is 19.2 Å². The van der Waals surface area contributed by atoms with Crippen molar-refractivity contribution < 1.29 is 13.9 Å². The van der Waals surface area contributed by atoms with Crippen molar-refractivity contribution in [1.29, 1.82) is 0 Å². The van der Waals surface area contributed by atoms with Gasteiger partial charge in [0, 0.05) is 6.04 Å². The second-order valence-electron chi connectivity index (χ2n) is 5.38. The van der Waals surface area contributed by atoms with Crippen LogP contribution in [0.1, 0.15) is 38.1 Å². The lowest BCUT2D eigenvalue weighted by Crippen LogP contribution is -2.41. The van der Waals surface area contributed by atoms with E-state index < -0.39 is 11.7 Å². The largest absolute Gasteiger partial charge is 0.494 e. The monoisotopic (exact) mass is 253 g/mol. The molecule has 3 nitrogen and oxygen atoms in total. The van der Waals surface area contributed by atoms with E-state index in [0.29, 0.717) is 0 Å². The summed E-state index contributed by atoms with van der Waals surface area (Å²) in [7, 11) is 1.37. The Kier molecular flexibility index (Phi) is 4.33. The Morgan fingerprint density at radius 1 is 1.39 bits per heavy atom. The number of carbonyl (C=O) groups excluding carboxylic acids is 1. The Morgan fingerprint density at radius 2 is 2.00 bits per heavy atom. The minimum atomic E-state index is -0.626. The van der Waals surface area contributed by atoms with E-state index in [0.717, 1.165) is 0 Å². The molecule has 0 saturated carbocycles. The van der Waals surface area contributed by atoms with Gasteiger partial charge in [-0.25, -0.2) is 4.39 Å². The van der Waals surface area contributed by atoms with Crippen LogP contribution in [-0.2, 0) is 0 Å². The first-order valence-corrected chi connectivity index (χ1v) is 5.90. The molecule has 1 N–H and O–H groups in total. The van der Waals surface area contributed by atoms with Crippen LogP contribution in [0.5, 0.6) is 5.75 Å². The highest BCUT2D eigenvalue weighted by Crippen LogP contribution is 2.22. The van der Waals surface area contributed by atoms with E-state index in [-0.39, 0.29) is 22.8 Å². The van der Waals surface area contributed by atoms with E-state index in [2.05, 4.69) is 5.32 Å². The Balaban J connectivity index is 2.92. The Hall–Kier alpha value is -1.58. The van der Waals surface area contributed by atoms with Crippen molar-refractivity contribution in [2.45, 2.75) is 33.7 Å². The molecule has 0 spiro atoms. The van der Waals surface area contributed by atoms with Crippen molar-refractivity contribution in [1.82, 2.24) is 5.32 Å². The maximum absolute atomic E-state index is 13.9. The number of hydrogen-bond donors (Lipinski definition) is 1. The standard InChI is InChI=1S/C14H20FNO2/c1-9(14(2,3)4)16-13(17)10-7-6-8-11(18-5)12(10)15/h6-9H,1-5H3,(H,16,17). The second kappa shape index (κ2) is 5.38. The predicted octanol–water partition coefficient (Wildman–Crippen LogP) is 3.00. The van der Waals surface area contributed by atoms with Gasteiger partial charge in [0.05, 0.1) is 12.7 Å². The molecule has 100 valence electrons. The van der Waals surface area contributed by atoms with Crippen molar-refractivity contribution in [3.05, 3.63) is 29.6 Å². The lowest BCUT2D eigenvalue weighted by atomic mass is 9.88. The molecule has 0 aliphatic carbocycles. The summed E-state index contributed by atoms with van der Waals surface area (Å²) in [5.41, 5.74) is -0.0733. The zero-order valence-electron chi connectivity index (χ0n) is 11.5. The molecule has 1 unspecified atom stereocenters. The number of amides is 1. The van der Waals surface area contributed by atoms with Crippen LogP contribution in [0.3, 0.4) is 0 Å². The second-order valence-corrected chi connectivity index (χ2v) is 5.38. The van der Waals surface area contributed by atoms with Gasteiger partial charge in [0.15, 0.2) is 11.6 Å². The lowest BCUT2D eigenvalue weighted by molar-refractivity contribution is 0.0905. The minimum Gasteiger partial charge on any atom is -0.494 e. The number of nitrogens with one attached hydrogen (secondary N) is 1. The summed E-state index contributed by atoms with van der Waals surface area (Å²) in [6.45, 7) is 7.94. The van der Waals surface area contributed by atoms with Crippen LogP contribution in [0, 0.1) is 11.2 Å². The average molecular weight is 253 g/mol. The van der Waals surface area contributed by atoms with Crippen molar-refractivity contribution in [2.75, 3.05) is 7.11 Å². The van der Waals surface area contributed by atoms with Crippen LogP contribution in [0.4, 0.5) is 4.39 Å². The molecular weight excluding hydrogens is 233 g/mol. The zero-order chi connectivity index (χ0) is 13.9. The van der Waals surface area contributed by atoms with Crippen molar-refractivity contribution >= 4 is 5.91 Å². The third-order valence-electron chi connectivity index (χ3n) is 3.07. The molecule has 0 fully saturated rings. The third-order valence-corrected chi connectivity index (χ3v) is 3.07. The highest BCUT2D eigenvalue weighted by atomic mass is 19.1. The molecule has 0 bridgehead atoms. The number of rotatable bonds is 3. The van der Waals surface area contributed by atoms with Gasteiger partial charge in [0.1, 0.15) is 0 Å². The summed E-state index contributed by atoms with van der Waals surface area (Å²) >= 11 is 0. The van der Waals surface area contributed by atoms with Gasteiger partial charge in [-0.15, -0.1) is 0 Å². The van der Waals surface area contributed by atoms with Crippen LogP contribution >= 0.6 is 0 Å². The molecule has 0 radical (unpaired) electrons. The number of hydrogen-bond acceptors (Lipinski definition) is 2. The van der Waals surface area contributed by atoms with Crippen LogP contribution in [0.15, 0.2) is 18.2 Å². The fraction of sp³-hybridized carbons (Fsp3) is 0.500. The highest BCUT2D eigenvalue weighted by molar-refractivity contribution is 5.95. The molecule has 1 rings (SSSR count). The molecule has 0 heterocycles. The van der Waals surface area contributed by atoms with Crippen molar-refractivity contribution in [3.63, 3.8) is 0 Å². The molecular formula is C14H20FNO2. The number of carbonyl (C=O) groups is 1. The molecule has 4 heteroatoms. The summed E-state index contributed by atoms with van der Waals surface area (Å²) in [6, 6.07) is 4.47. The van der Waals surface area contributed by atoms with E-state index in [1.807, 2.05) is 27.7 Å². The zero-order valence-corrected chi connectivity index (χ0v) is 11.5. The van der Waals surface area contributed by atoms with Gasteiger partial charge >= 0.3 is 0 Å². The number of ether oxygens (including phenoxy) is 1. The molecule has 1 aromatic rings. The smallest absolute Gasteiger partial charge is 0.254 e. The number of halogens is 1. The maximum atomic E-state index is 13.9. The topological polar surface area (TPSA) is 38.3 Å². The quantitative estimate of drug-likeness (QED) is 0.899. The number of methoxy groups -OCH3 is 1. The minimum absolute atomic E-state index is 0.00505. The van der Waals surface area contributed by atoms with Crippen LogP contribution in [-0.4, -0.2) is 19.1 Å². The van der Waals surface area contributed by atoms with Gasteiger partial charge < -0.3 is 10.1 Å². The Bertz CT molecular complexity index is 438. The Morgan fingerprint density at radius 3 is 2.50 bits per heavy atom. The van der Waals surface area contributed by atoms with Gasteiger partial charge in [0.25, 0.3) is 5.91 Å². The molecule has 1 aromatic carbocycles. The van der Waals surface area contributed by atoms with Gasteiger partial charge in [0.2, 0.25) is 0 Å². The molecule has 0 aliphatic heterocycles. The molecule has 18 heavy (non-hydrogen) atoms. The van der Waals surface area contributed by atoms with E-state index >= 15 is 0 Å². The Labute approximate surface area is 107 Å². The SMILES string of the molecule is COc1cccc(C(=O)NC(C)C(C)(C)C)c1F. The van der Waals surface area contributed by atoms with E-state index in [4.69, 9.17) is 4.74 Å². The fourth-order valence-electron chi connectivity index (χ4n) is 1.33. The molecule has 0 aromatic heterocycles. The van der Waals surface area contributed by atoms with Crippen molar-refractivity contribution in [2.24, 2.45) is 5.41 Å². The fourth-order valence-corrected chi connectivity index (χ4v) is 1.33. The summed E-state index contributed by atoms with van der Waals surface area (Å²) in [4.78, 5) is 12.0. The average Bonchev–Trinajstić information content (AvgIpc) is 2.27. The van der Waals surface area contributed by atoms with E-state index in [1.54, 1.807) is 6.07 Å². The maximum Gasteiger partial charge on any atom is 0.254 e. The van der Waals surface area contributed by atoms with Gasteiger partial charge in [-0.3, -0.25) is 4.79 Å². The van der Waals surface area contributed by atoms with Gasteiger partial charge in [-0.1, -0.05) is 26.8 Å². The molecule has 0 aliphatic rings. The lowest BCUT2D eigenvalue weighted by Gasteiger charge is -2.28. The van der Waals surface area contributed by atoms with Crippen LogP contribution in [0.2, 0.25) is 0 Å². The first-order chi connectivity index (χ1) is 8.27. The van der Waals surface area contributed by atoms with Gasteiger partial charge in [-0.2, -0.15) is 0 Å². The third kappa shape index (κ3) is 3.22. The summed E-state index contributed by atoms with van der Waals surface area (Å²) in [6.07, 6.45) is 0. The predicted molar refractivity (Wildman–Crippen MR) is 69.3 cm³/mol. The van der Waals surface area contributed by atoms with Gasteiger partial charge in [-0.05, 0) is 24.5 Å². The first-order valence-electron chi connectivity index (χ1n) is 5.90. The number of benzene rings is 1. The summed E-state index contributed by atoms with van der Waals surface area (Å²) in [5.74, 6) is -0.974. The molecule has 0 saturated heterocycles. The van der Waals surface area contributed by atoms with Crippen LogP contribution in [0.25, 0.3) is 0 Å². The highest BCUT2D eigenvalue weighted by Gasteiger charge is 2.24. The van der Waals surface area contributed by atoms with Crippen LogP contribution < -0.4 is 10.1 Å². The van der Waals surface area contributed by atoms with Crippen molar-refractivity contribution in [3.8, 4) is 5.75 Å². The first kappa shape index (κ1) is 14.5.